The average Bonchev–Trinajstić information content (AvgIpc) is 3.16. The number of anilines is 1. The molecule has 0 amide bonds. The van der Waals surface area contributed by atoms with Gasteiger partial charge in [-0.25, -0.2) is 9.78 Å². The molecule has 1 aliphatic heterocycles. The smallest absolute Gasteiger partial charge is 0.359 e. The maximum absolute atomic E-state index is 13.5. The van der Waals surface area contributed by atoms with Crippen LogP contribution >= 0.6 is 0 Å². The predicted octanol–water partition coefficient (Wildman–Crippen LogP) is 4.16. The molecule has 3 aromatic carbocycles. The number of carbonyl (C=O) groups excluding carboxylic acids is 1. The second-order valence-electron chi connectivity index (χ2n) is 8.50. The minimum absolute atomic E-state index is 0.0229. The van der Waals surface area contributed by atoms with E-state index in [1.165, 1.54) is 0 Å². The lowest BCUT2D eigenvalue weighted by Gasteiger charge is -2.08. The first-order valence-electron chi connectivity index (χ1n) is 11.3. The van der Waals surface area contributed by atoms with Gasteiger partial charge in [-0.15, -0.1) is 0 Å². The summed E-state index contributed by atoms with van der Waals surface area (Å²) in [4.78, 5) is 18.4. The number of ether oxygens (including phenoxy) is 1. The summed E-state index contributed by atoms with van der Waals surface area (Å²) >= 11 is 0. The van der Waals surface area contributed by atoms with Crippen LogP contribution in [0.2, 0.25) is 0 Å². The number of hydrogen-bond acceptors (Lipinski definition) is 5. The summed E-state index contributed by atoms with van der Waals surface area (Å²) in [5.41, 5.74) is 5.44. The number of aromatic hydroxyl groups is 1. The molecule has 5 rings (SSSR count). The number of nitrogens with zero attached hydrogens (tertiary/aromatic N) is 2. The van der Waals surface area contributed by atoms with Crippen LogP contribution in [0.25, 0.3) is 11.3 Å². The van der Waals surface area contributed by atoms with Crippen LogP contribution < -0.4 is 9.88 Å². The summed E-state index contributed by atoms with van der Waals surface area (Å²) < 4.78 is 6.92. The highest BCUT2D eigenvalue weighted by Gasteiger charge is 2.41. The van der Waals surface area contributed by atoms with Gasteiger partial charge in [-0.1, -0.05) is 66.7 Å². The van der Waals surface area contributed by atoms with Gasteiger partial charge in [0.05, 0.1) is 6.61 Å². The molecule has 0 saturated heterocycles. The molecule has 1 unspecified atom stereocenters. The minimum atomic E-state index is -0.395. The van der Waals surface area contributed by atoms with Crippen LogP contribution in [0.5, 0.6) is 5.75 Å². The third kappa shape index (κ3) is 4.54. The quantitative estimate of drug-likeness (QED) is 0.412. The summed E-state index contributed by atoms with van der Waals surface area (Å²) in [6.07, 6.45) is 2.90. The first-order valence-corrected chi connectivity index (χ1v) is 11.3. The Morgan fingerprint density at radius 3 is 2.53 bits per heavy atom. The first kappa shape index (κ1) is 21.8. The van der Waals surface area contributed by atoms with Crippen molar-refractivity contribution >= 4 is 11.7 Å². The number of methoxy groups -OCH3 is 1. The average molecular weight is 453 g/mol. The summed E-state index contributed by atoms with van der Waals surface area (Å²) in [7, 11) is 1.67. The second kappa shape index (κ2) is 9.45. The van der Waals surface area contributed by atoms with Crippen molar-refractivity contribution in [2.24, 2.45) is 0 Å². The van der Waals surface area contributed by atoms with Crippen LogP contribution in [0.4, 0.5) is 5.82 Å². The molecule has 2 N–H and O–H groups in total. The normalized spacial score (nSPS) is 14.6. The largest absolute Gasteiger partial charge is 0.508 e. The van der Waals surface area contributed by atoms with E-state index in [0.717, 1.165) is 33.8 Å². The number of phenolic OH excluding ortho intramolecular Hbond substituents is 1. The van der Waals surface area contributed by atoms with Gasteiger partial charge in [0.2, 0.25) is 0 Å². The topological polar surface area (TPSA) is 75.3 Å². The Morgan fingerprint density at radius 2 is 1.74 bits per heavy atom. The lowest BCUT2D eigenvalue weighted by molar-refractivity contribution is -0.552. The molecule has 6 nitrogen and oxygen atoms in total. The van der Waals surface area contributed by atoms with E-state index in [4.69, 9.17) is 9.72 Å². The molecule has 0 aliphatic carbocycles. The molecular formula is C28H26N3O3+. The zero-order valence-electron chi connectivity index (χ0n) is 18.9. The van der Waals surface area contributed by atoms with E-state index in [0.29, 0.717) is 25.1 Å². The van der Waals surface area contributed by atoms with E-state index < -0.39 is 6.04 Å². The highest BCUT2D eigenvalue weighted by atomic mass is 16.5. The van der Waals surface area contributed by atoms with Gasteiger partial charge in [0.1, 0.15) is 23.3 Å². The lowest BCUT2D eigenvalue weighted by Crippen LogP contribution is -2.44. The van der Waals surface area contributed by atoms with Gasteiger partial charge in [0, 0.05) is 25.5 Å². The van der Waals surface area contributed by atoms with Gasteiger partial charge in [-0.2, -0.15) is 4.57 Å². The molecule has 0 radical (unpaired) electrons. The Morgan fingerprint density at radius 1 is 0.971 bits per heavy atom. The van der Waals surface area contributed by atoms with Crippen molar-refractivity contribution in [3.8, 4) is 17.0 Å². The van der Waals surface area contributed by atoms with E-state index in [1.54, 1.807) is 36.1 Å². The number of fused-ring (bicyclic) bond motifs is 1. The van der Waals surface area contributed by atoms with Crippen molar-refractivity contribution < 1.29 is 19.2 Å². The zero-order chi connectivity index (χ0) is 23.5. The summed E-state index contributed by atoms with van der Waals surface area (Å²) in [6.45, 7) is 0.535. The molecular weight excluding hydrogens is 426 g/mol. The Balaban J connectivity index is 1.51. The number of rotatable bonds is 7. The number of hydrogen-bond donors (Lipinski definition) is 2. The molecule has 4 aromatic rings. The molecule has 1 aromatic heterocycles. The van der Waals surface area contributed by atoms with Crippen molar-refractivity contribution in [3.05, 3.63) is 107 Å². The second-order valence-corrected chi connectivity index (χ2v) is 8.50. The van der Waals surface area contributed by atoms with Crippen LogP contribution in [0.3, 0.4) is 0 Å². The third-order valence-electron chi connectivity index (χ3n) is 5.97. The van der Waals surface area contributed by atoms with E-state index >= 15 is 0 Å². The molecule has 6 heteroatoms. The SMILES string of the molecule is COCc1cccc(CC2Nc3c(Cc4ccccc4)nc(-c4cccc(O)c4)c[n+]3C2=O)c1. The van der Waals surface area contributed by atoms with Crippen molar-refractivity contribution in [1.82, 2.24) is 4.98 Å². The van der Waals surface area contributed by atoms with E-state index in [1.807, 2.05) is 42.5 Å². The van der Waals surface area contributed by atoms with Crippen LogP contribution in [0, 0.1) is 0 Å². The van der Waals surface area contributed by atoms with Crippen LogP contribution in [0.15, 0.2) is 85.1 Å². The van der Waals surface area contributed by atoms with Gasteiger partial charge in [-0.05, 0) is 28.8 Å². The van der Waals surface area contributed by atoms with Crippen LogP contribution in [-0.4, -0.2) is 29.1 Å². The summed E-state index contributed by atoms with van der Waals surface area (Å²) in [5, 5.41) is 13.4. The zero-order valence-corrected chi connectivity index (χ0v) is 18.9. The van der Waals surface area contributed by atoms with Gasteiger partial charge >= 0.3 is 11.7 Å². The fraction of sp³-hybridized carbons (Fsp3) is 0.179. The third-order valence-corrected chi connectivity index (χ3v) is 5.97. The number of aromatic nitrogens is 2. The van der Waals surface area contributed by atoms with Crippen LogP contribution in [-0.2, 0) is 24.2 Å². The van der Waals surface area contributed by atoms with Crippen molar-refractivity contribution in [2.45, 2.75) is 25.5 Å². The fourth-order valence-corrected chi connectivity index (χ4v) is 4.38. The predicted molar refractivity (Wildman–Crippen MR) is 130 cm³/mol. The number of nitrogens with one attached hydrogen (secondary N) is 1. The van der Waals surface area contributed by atoms with Crippen molar-refractivity contribution in [3.63, 3.8) is 0 Å². The van der Waals surface area contributed by atoms with E-state index in [-0.39, 0.29) is 11.7 Å². The minimum Gasteiger partial charge on any atom is -0.508 e. The molecule has 0 saturated carbocycles. The van der Waals surface area contributed by atoms with Crippen molar-refractivity contribution in [1.29, 1.82) is 0 Å². The Bertz CT molecular complexity index is 1340. The number of benzene rings is 3. The van der Waals surface area contributed by atoms with Crippen LogP contribution in [0.1, 0.15) is 27.2 Å². The monoisotopic (exact) mass is 452 g/mol. The molecule has 170 valence electrons. The summed E-state index contributed by atoms with van der Waals surface area (Å²) in [5.74, 6) is 0.855. The molecule has 0 spiro atoms. The fourth-order valence-electron chi connectivity index (χ4n) is 4.38. The molecule has 0 fully saturated rings. The maximum atomic E-state index is 13.5. The van der Waals surface area contributed by atoms with Gasteiger partial charge in [-0.3, -0.25) is 5.32 Å². The molecule has 34 heavy (non-hydrogen) atoms. The van der Waals surface area contributed by atoms with Gasteiger partial charge < -0.3 is 9.84 Å². The standard InChI is InChI=1S/C28H25N3O3/c1-34-18-21-10-5-9-20(13-21)15-25-28(33)31-17-26(22-11-6-12-23(32)16-22)29-24(27(31)30-25)14-19-7-3-2-4-8-19/h2-13,16-17,25,32H,14-15,18H2,1H3/p+1. The number of phenols is 1. The van der Waals surface area contributed by atoms with Crippen molar-refractivity contribution in [2.75, 3.05) is 12.4 Å². The molecule has 1 atom stereocenters. The Labute approximate surface area is 198 Å². The molecule has 0 bridgehead atoms. The molecule has 1 aliphatic rings. The highest BCUT2D eigenvalue weighted by molar-refractivity contribution is 5.82. The Kier molecular flexibility index (Phi) is 6.06. The van der Waals surface area contributed by atoms with E-state index in [9.17, 15) is 9.90 Å². The lowest BCUT2D eigenvalue weighted by atomic mass is 10.0. The van der Waals surface area contributed by atoms with Gasteiger partial charge in [0.25, 0.3) is 0 Å². The highest BCUT2D eigenvalue weighted by Crippen LogP contribution is 2.26. The van der Waals surface area contributed by atoms with Gasteiger partial charge in [0.15, 0.2) is 6.04 Å². The van der Waals surface area contributed by atoms with E-state index in [2.05, 4.69) is 23.5 Å². The maximum Gasteiger partial charge on any atom is 0.359 e. The summed E-state index contributed by atoms with van der Waals surface area (Å²) in [6, 6.07) is 24.7. The first-order chi connectivity index (χ1) is 16.6. The Hall–Kier alpha value is -4.03. The number of carbonyl (C=O) groups is 1. The molecule has 2 heterocycles.